The minimum Gasteiger partial charge on any atom is -0.398 e. The van der Waals surface area contributed by atoms with E-state index in [1.165, 1.54) is 0 Å². The Morgan fingerprint density at radius 3 is 2.97 bits per heavy atom. The van der Waals surface area contributed by atoms with Crippen molar-refractivity contribution in [1.29, 1.82) is 0 Å². The van der Waals surface area contributed by atoms with Gasteiger partial charge < -0.3 is 21.1 Å². The fraction of sp³-hybridized carbons (Fsp3) is 0.429. The summed E-state index contributed by atoms with van der Waals surface area (Å²) in [7, 11) is 0. The molecule has 0 radical (unpaired) electrons. The highest BCUT2D eigenvalue weighted by Gasteiger charge is 2.27. The van der Waals surface area contributed by atoms with Gasteiger partial charge in [-0.1, -0.05) is 0 Å². The Bertz CT molecular complexity index is 1060. The van der Waals surface area contributed by atoms with E-state index in [9.17, 15) is 9.90 Å². The highest BCUT2D eigenvalue weighted by molar-refractivity contribution is 5.77. The van der Waals surface area contributed by atoms with Crippen LogP contribution in [0.15, 0.2) is 36.8 Å². The van der Waals surface area contributed by atoms with Gasteiger partial charge in [-0.3, -0.25) is 9.20 Å². The quantitative estimate of drug-likeness (QED) is 0.589. The molecule has 1 amide bonds. The molecule has 9 nitrogen and oxygen atoms in total. The summed E-state index contributed by atoms with van der Waals surface area (Å²) in [5, 5.41) is 13.4. The number of nitrogens with two attached hydrogens (primary N) is 1. The number of anilines is 2. The van der Waals surface area contributed by atoms with Crippen molar-refractivity contribution in [2.24, 2.45) is 0 Å². The van der Waals surface area contributed by atoms with Crippen molar-refractivity contribution in [3.8, 4) is 11.5 Å². The molecule has 1 aliphatic heterocycles. The Morgan fingerprint density at radius 1 is 1.33 bits per heavy atom. The SMILES string of the molecule is CC(C)(O)CC(=O)N1CCCC(Nc2ccnc(-c3cnc4ccc(N)cn34)n2)C1. The van der Waals surface area contributed by atoms with Crippen molar-refractivity contribution in [2.45, 2.75) is 44.8 Å². The number of pyridine rings is 1. The van der Waals surface area contributed by atoms with Crippen LogP contribution in [0.1, 0.15) is 33.1 Å². The third-order valence-electron chi connectivity index (χ3n) is 5.12. The molecule has 0 spiro atoms. The number of carbonyl (C=O) groups excluding carboxylic acids is 1. The summed E-state index contributed by atoms with van der Waals surface area (Å²) in [5.74, 6) is 1.21. The normalized spacial score (nSPS) is 17.3. The van der Waals surface area contributed by atoms with Crippen LogP contribution in [0.3, 0.4) is 0 Å². The molecule has 4 heterocycles. The molecule has 1 fully saturated rings. The van der Waals surface area contributed by atoms with Gasteiger partial charge in [0, 0.05) is 37.2 Å². The van der Waals surface area contributed by atoms with Crippen LogP contribution in [0.2, 0.25) is 0 Å². The first kappa shape index (κ1) is 20.1. The minimum absolute atomic E-state index is 0.0271. The van der Waals surface area contributed by atoms with Gasteiger partial charge in [0.2, 0.25) is 5.91 Å². The van der Waals surface area contributed by atoms with Crippen LogP contribution in [0.4, 0.5) is 11.5 Å². The zero-order chi connectivity index (χ0) is 21.3. The van der Waals surface area contributed by atoms with Gasteiger partial charge in [0.15, 0.2) is 5.82 Å². The topological polar surface area (TPSA) is 122 Å². The maximum atomic E-state index is 12.5. The lowest BCUT2D eigenvalue weighted by molar-refractivity contribution is -0.136. The number of rotatable bonds is 5. The van der Waals surface area contributed by atoms with Crippen LogP contribution in [0.25, 0.3) is 17.2 Å². The first-order chi connectivity index (χ1) is 14.3. The molecule has 1 aliphatic rings. The number of aromatic nitrogens is 4. The van der Waals surface area contributed by atoms with Gasteiger partial charge >= 0.3 is 0 Å². The molecule has 0 saturated carbocycles. The largest absolute Gasteiger partial charge is 0.398 e. The van der Waals surface area contributed by atoms with Gasteiger partial charge in [0.05, 0.1) is 18.2 Å². The lowest BCUT2D eigenvalue weighted by Gasteiger charge is -2.34. The number of nitrogen functional groups attached to an aromatic ring is 1. The van der Waals surface area contributed by atoms with Gasteiger partial charge in [0.25, 0.3) is 0 Å². The van der Waals surface area contributed by atoms with E-state index in [4.69, 9.17) is 5.73 Å². The molecule has 3 aromatic rings. The summed E-state index contributed by atoms with van der Waals surface area (Å²) in [6.45, 7) is 4.60. The van der Waals surface area contributed by atoms with E-state index in [1.807, 2.05) is 21.4 Å². The van der Waals surface area contributed by atoms with Crippen LogP contribution < -0.4 is 11.1 Å². The second kappa shape index (κ2) is 7.91. The molecule has 1 saturated heterocycles. The lowest BCUT2D eigenvalue weighted by atomic mass is 10.0. The number of hydrogen-bond donors (Lipinski definition) is 3. The molecule has 158 valence electrons. The molecule has 3 aromatic heterocycles. The van der Waals surface area contributed by atoms with Gasteiger partial charge in [-0.25, -0.2) is 15.0 Å². The fourth-order valence-corrected chi connectivity index (χ4v) is 3.74. The van der Waals surface area contributed by atoms with E-state index in [2.05, 4.69) is 20.3 Å². The average Bonchev–Trinajstić information content (AvgIpc) is 3.10. The zero-order valence-corrected chi connectivity index (χ0v) is 17.2. The van der Waals surface area contributed by atoms with Crippen molar-refractivity contribution < 1.29 is 9.90 Å². The molecule has 0 aliphatic carbocycles. The van der Waals surface area contributed by atoms with Gasteiger partial charge in [0.1, 0.15) is 17.2 Å². The summed E-state index contributed by atoms with van der Waals surface area (Å²) in [4.78, 5) is 27.7. The third-order valence-corrected chi connectivity index (χ3v) is 5.12. The first-order valence-corrected chi connectivity index (χ1v) is 10.1. The van der Waals surface area contributed by atoms with Crippen molar-refractivity contribution in [3.63, 3.8) is 0 Å². The van der Waals surface area contributed by atoms with E-state index >= 15 is 0 Å². The van der Waals surface area contributed by atoms with Crippen molar-refractivity contribution in [3.05, 3.63) is 36.8 Å². The number of nitrogens with zero attached hydrogens (tertiary/aromatic N) is 5. The summed E-state index contributed by atoms with van der Waals surface area (Å²) in [6, 6.07) is 5.56. The number of carbonyl (C=O) groups is 1. The molecule has 1 unspecified atom stereocenters. The van der Waals surface area contributed by atoms with Crippen LogP contribution in [0, 0.1) is 0 Å². The molecule has 4 rings (SSSR count). The number of aliphatic hydroxyl groups is 1. The van der Waals surface area contributed by atoms with E-state index in [0.717, 1.165) is 24.2 Å². The van der Waals surface area contributed by atoms with E-state index in [1.54, 1.807) is 38.5 Å². The molecule has 9 heteroatoms. The van der Waals surface area contributed by atoms with Gasteiger partial charge in [-0.15, -0.1) is 0 Å². The van der Waals surface area contributed by atoms with Crippen LogP contribution in [-0.4, -0.2) is 60.0 Å². The standard InChI is InChI=1S/C21H27N7O2/c1-21(2,30)10-19(29)27-9-3-4-15(13-27)25-17-7-8-23-20(26-17)16-11-24-18-6-5-14(22)12-28(16)18/h5-8,11-12,15,30H,3-4,9-10,13,22H2,1-2H3,(H,23,25,26). The second-order valence-corrected chi connectivity index (χ2v) is 8.41. The van der Waals surface area contributed by atoms with Crippen LogP contribution in [0.5, 0.6) is 0 Å². The maximum Gasteiger partial charge on any atom is 0.225 e. The molecule has 30 heavy (non-hydrogen) atoms. The zero-order valence-electron chi connectivity index (χ0n) is 17.2. The Balaban J connectivity index is 1.49. The number of fused-ring (bicyclic) bond motifs is 1. The highest BCUT2D eigenvalue weighted by atomic mass is 16.3. The summed E-state index contributed by atoms with van der Waals surface area (Å²) in [6.07, 6.45) is 7.20. The van der Waals surface area contributed by atoms with Crippen LogP contribution in [-0.2, 0) is 4.79 Å². The Morgan fingerprint density at radius 2 is 2.17 bits per heavy atom. The number of likely N-dealkylation sites (tertiary alicyclic amines) is 1. The smallest absolute Gasteiger partial charge is 0.225 e. The average molecular weight is 409 g/mol. The molecule has 0 bridgehead atoms. The third kappa shape index (κ3) is 4.51. The number of amides is 1. The molecule has 0 aromatic carbocycles. The van der Waals surface area contributed by atoms with E-state index in [-0.39, 0.29) is 18.4 Å². The first-order valence-electron chi connectivity index (χ1n) is 10.1. The Kier molecular flexibility index (Phi) is 5.29. The van der Waals surface area contributed by atoms with Crippen molar-refractivity contribution in [1.82, 2.24) is 24.3 Å². The Labute approximate surface area is 175 Å². The lowest BCUT2D eigenvalue weighted by Crippen LogP contribution is -2.46. The molecular formula is C21H27N7O2. The predicted molar refractivity (Wildman–Crippen MR) is 115 cm³/mol. The van der Waals surface area contributed by atoms with E-state index in [0.29, 0.717) is 30.4 Å². The van der Waals surface area contributed by atoms with E-state index < -0.39 is 5.60 Å². The van der Waals surface area contributed by atoms with Gasteiger partial charge in [-0.05, 0) is 44.9 Å². The van der Waals surface area contributed by atoms with Gasteiger partial charge in [-0.2, -0.15) is 0 Å². The summed E-state index contributed by atoms with van der Waals surface area (Å²) in [5.41, 5.74) is 7.07. The number of nitrogens with one attached hydrogen (secondary N) is 1. The van der Waals surface area contributed by atoms with Crippen LogP contribution >= 0.6 is 0 Å². The predicted octanol–water partition coefficient (Wildman–Crippen LogP) is 1.94. The molecule has 1 atom stereocenters. The minimum atomic E-state index is -1.00. The molecular weight excluding hydrogens is 382 g/mol. The number of hydrogen-bond acceptors (Lipinski definition) is 7. The fourth-order valence-electron chi connectivity index (χ4n) is 3.74. The van der Waals surface area contributed by atoms with Crippen molar-refractivity contribution in [2.75, 3.05) is 24.1 Å². The Hall–Kier alpha value is -3.20. The second-order valence-electron chi connectivity index (χ2n) is 8.41. The summed E-state index contributed by atoms with van der Waals surface area (Å²) >= 11 is 0. The number of piperidine rings is 1. The molecule has 4 N–H and O–H groups in total. The monoisotopic (exact) mass is 409 g/mol. The number of imidazole rings is 1. The highest BCUT2D eigenvalue weighted by Crippen LogP contribution is 2.22. The maximum absolute atomic E-state index is 12.5. The summed E-state index contributed by atoms with van der Waals surface area (Å²) < 4.78 is 1.87. The van der Waals surface area contributed by atoms with Crippen molar-refractivity contribution >= 4 is 23.1 Å².